The van der Waals surface area contributed by atoms with E-state index in [1.807, 2.05) is 0 Å². The molecule has 0 bridgehead atoms. The molecule has 2 aromatic rings. The van der Waals surface area contributed by atoms with E-state index in [4.69, 9.17) is 0 Å². The van der Waals surface area contributed by atoms with Crippen LogP contribution in [0, 0.1) is 0 Å². The van der Waals surface area contributed by atoms with Gasteiger partial charge in [0.15, 0.2) is 5.82 Å². The smallest absolute Gasteiger partial charge is 0.249 e. The quantitative estimate of drug-likeness (QED) is 0.932. The van der Waals surface area contributed by atoms with Gasteiger partial charge in [-0.3, -0.25) is 0 Å². The Kier molecular flexibility index (Phi) is 4.51. The minimum atomic E-state index is 0.536. The molecule has 0 atom stereocenters. The minimum Gasteiger partial charge on any atom is -0.355 e. The summed E-state index contributed by atoms with van der Waals surface area (Å²) in [7, 11) is 0. The number of hydrogen-bond donors (Lipinski definition) is 1. The lowest BCUT2D eigenvalue weighted by Gasteiger charge is -2.27. The van der Waals surface area contributed by atoms with Crippen molar-refractivity contribution in [3.63, 3.8) is 0 Å². The van der Waals surface area contributed by atoms with Crippen molar-refractivity contribution in [2.45, 2.75) is 39.0 Å². The molecule has 1 aliphatic rings. The van der Waals surface area contributed by atoms with Crippen LogP contribution in [-0.2, 0) is 0 Å². The van der Waals surface area contributed by atoms with Crippen LogP contribution in [0.2, 0.25) is 0 Å². The molecule has 1 saturated heterocycles. The molecule has 3 rings (SSSR count). The van der Waals surface area contributed by atoms with Crippen LogP contribution in [0.25, 0.3) is 0 Å². The molecule has 1 aliphatic heterocycles. The molecule has 0 saturated carbocycles. The molecule has 1 N–H and O–H groups in total. The van der Waals surface area contributed by atoms with Crippen LogP contribution in [0.3, 0.4) is 0 Å². The first kappa shape index (κ1) is 14.8. The molecule has 1 aromatic carbocycles. The second-order valence-electron chi connectivity index (χ2n) is 6.09. The van der Waals surface area contributed by atoms with E-state index in [-0.39, 0.29) is 0 Å². The predicted octanol–water partition coefficient (Wildman–Crippen LogP) is 3.73. The SMILES string of the molecule is CC(C)c1ccc(Nc2nncc(N3CCCCC3)n2)cc1. The summed E-state index contributed by atoms with van der Waals surface area (Å²) in [5.74, 6) is 2.01. The van der Waals surface area contributed by atoms with Gasteiger partial charge in [-0.15, -0.1) is 5.10 Å². The number of piperidine rings is 1. The largest absolute Gasteiger partial charge is 0.355 e. The molecule has 0 aliphatic carbocycles. The molecule has 0 unspecified atom stereocenters. The molecule has 1 aromatic heterocycles. The average Bonchev–Trinajstić information content (AvgIpc) is 2.56. The van der Waals surface area contributed by atoms with Crippen molar-refractivity contribution in [1.29, 1.82) is 0 Å². The highest BCUT2D eigenvalue weighted by Gasteiger charge is 2.13. The number of nitrogens with one attached hydrogen (secondary N) is 1. The van der Waals surface area contributed by atoms with Gasteiger partial charge in [0.25, 0.3) is 0 Å². The maximum absolute atomic E-state index is 4.59. The zero-order chi connectivity index (χ0) is 15.4. The molecule has 0 spiro atoms. The fourth-order valence-corrected chi connectivity index (χ4v) is 2.70. The van der Waals surface area contributed by atoms with Crippen LogP contribution < -0.4 is 10.2 Å². The highest BCUT2D eigenvalue weighted by atomic mass is 15.3. The number of nitrogens with zero attached hydrogens (tertiary/aromatic N) is 4. The van der Waals surface area contributed by atoms with Crippen LogP contribution in [-0.4, -0.2) is 28.3 Å². The Morgan fingerprint density at radius 3 is 2.45 bits per heavy atom. The third-order valence-electron chi connectivity index (χ3n) is 4.06. The van der Waals surface area contributed by atoms with Gasteiger partial charge in [0.05, 0.1) is 6.20 Å². The monoisotopic (exact) mass is 297 g/mol. The highest BCUT2D eigenvalue weighted by molar-refractivity contribution is 5.55. The van der Waals surface area contributed by atoms with Gasteiger partial charge >= 0.3 is 0 Å². The van der Waals surface area contributed by atoms with E-state index in [1.165, 1.54) is 24.8 Å². The van der Waals surface area contributed by atoms with Gasteiger partial charge in [0.1, 0.15) is 0 Å². The maximum Gasteiger partial charge on any atom is 0.249 e. The number of aromatic nitrogens is 3. The molecule has 5 heteroatoms. The molecule has 116 valence electrons. The first-order valence-electron chi connectivity index (χ1n) is 8.04. The molecule has 5 nitrogen and oxygen atoms in total. The van der Waals surface area contributed by atoms with Crippen LogP contribution in [0.1, 0.15) is 44.6 Å². The third-order valence-corrected chi connectivity index (χ3v) is 4.06. The van der Waals surface area contributed by atoms with E-state index in [0.29, 0.717) is 11.9 Å². The van der Waals surface area contributed by atoms with E-state index in [1.54, 1.807) is 6.20 Å². The number of anilines is 3. The fourth-order valence-electron chi connectivity index (χ4n) is 2.70. The van der Waals surface area contributed by atoms with Gasteiger partial charge in [-0.2, -0.15) is 10.1 Å². The Balaban J connectivity index is 1.72. The summed E-state index contributed by atoms with van der Waals surface area (Å²) < 4.78 is 0. The van der Waals surface area contributed by atoms with Crippen molar-refractivity contribution in [2.24, 2.45) is 0 Å². The second kappa shape index (κ2) is 6.73. The molecule has 1 fully saturated rings. The zero-order valence-corrected chi connectivity index (χ0v) is 13.3. The highest BCUT2D eigenvalue weighted by Crippen LogP contribution is 2.21. The summed E-state index contributed by atoms with van der Waals surface area (Å²) in [5, 5.41) is 11.4. The van der Waals surface area contributed by atoms with Crippen molar-refractivity contribution < 1.29 is 0 Å². The Morgan fingerprint density at radius 1 is 1.05 bits per heavy atom. The maximum atomic E-state index is 4.59. The van der Waals surface area contributed by atoms with Crippen molar-refractivity contribution in [1.82, 2.24) is 15.2 Å². The standard InChI is InChI=1S/C17H23N5/c1-13(2)14-6-8-15(9-7-14)19-17-20-16(12-18-21-17)22-10-4-3-5-11-22/h6-9,12-13H,3-5,10-11H2,1-2H3,(H,19,20,21). The third kappa shape index (κ3) is 3.53. The number of hydrogen-bond acceptors (Lipinski definition) is 5. The van der Waals surface area contributed by atoms with E-state index in [9.17, 15) is 0 Å². The lowest BCUT2D eigenvalue weighted by Crippen LogP contribution is -2.30. The topological polar surface area (TPSA) is 53.9 Å². The lowest BCUT2D eigenvalue weighted by atomic mass is 10.0. The van der Waals surface area contributed by atoms with Gasteiger partial charge in [0.2, 0.25) is 5.95 Å². The molecular weight excluding hydrogens is 274 g/mol. The summed E-state index contributed by atoms with van der Waals surface area (Å²) in [4.78, 5) is 6.87. The van der Waals surface area contributed by atoms with Gasteiger partial charge < -0.3 is 10.2 Å². The second-order valence-corrected chi connectivity index (χ2v) is 6.09. The first-order chi connectivity index (χ1) is 10.7. The van der Waals surface area contributed by atoms with Crippen molar-refractivity contribution in [3.8, 4) is 0 Å². The molecule has 22 heavy (non-hydrogen) atoms. The molecule has 0 amide bonds. The number of benzene rings is 1. The summed E-state index contributed by atoms with van der Waals surface area (Å²) in [6.07, 6.45) is 5.51. The van der Waals surface area contributed by atoms with Gasteiger partial charge in [-0.25, -0.2) is 0 Å². The van der Waals surface area contributed by atoms with Crippen molar-refractivity contribution in [2.75, 3.05) is 23.3 Å². The first-order valence-corrected chi connectivity index (χ1v) is 8.04. The Morgan fingerprint density at radius 2 is 1.77 bits per heavy atom. The summed E-state index contributed by atoms with van der Waals surface area (Å²) in [6, 6.07) is 8.39. The molecule has 2 heterocycles. The van der Waals surface area contributed by atoms with Crippen LogP contribution >= 0.6 is 0 Å². The summed E-state index contributed by atoms with van der Waals surface area (Å²) in [5.41, 5.74) is 2.31. The van der Waals surface area contributed by atoms with Crippen molar-refractivity contribution in [3.05, 3.63) is 36.0 Å². The normalized spacial score (nSPS) is 15.1. The Bertz CT molecular complexity index is 603. The average molecular weight is 297 g/mol. The lowest BCUT2D eigenvalue weighted by molar-refractivity contribution is 0.572. The summed E-state index contributed by atoms with van der Waals surface area (Å²) in [6.45, 7) is 6.50. The predicted molar refractivity (Wildman–Crippen MR) is 89.7 cm³/mol. The van der Waals surface area contributed by atoms with Gasteiger partial charge in [-0.1, -0.05) is 26.0 Å². The van der Waals surface area contributed by atoms with E-state index in [2.05, 4.69) is 63.5 Å². The Hall–Kier alpha value is -2.17. The van der Waals surface area contributed by atoms with E-state index >= 15 is 0 Å². The van der Waals surface area contributed by atoms with Gasteiger partial charge in [-0.05, 0) is 42.9 Å². The summed E-state index contributed by atoms with van der Waals surface area (Å²) >= 11 is 0. The fraction of sp³-hybridized carbons (Fsp3) is 0.471. The van der Waals surface area contributed by atoms with E-state index in [0.717, 1.165) is 24.6 Å². The van der Waals surface area contributed by atoms with Crippen LogP contribution in [0.4, 0.5) is 17.5 Å². The van der Waals surface area contributed by atoms with Crippen LogP contribution in [0.15, 0.2) is 30.5 Å². The Labute approximate surface area is 131 Å². The zero-order valence-electron chi connectivity index (χ0n) is 13.3. The molecule has 0 radical (unpaired) electrons. The van der Waals surface area contributed by atoms with Gasteiger partial charge in [0, 0.05) is 18.8 Å². The minimum absolute atomic E-state index is 0.536. The number of rotatable bonds is 4. The van der Waals surface area contributed by atoms with Crippen molar-refractivity contribution >= 4 is 17.5 Å². The van der Waals surface area contributed by atoms with Crippen LogP contribution in [0.5, 0.6) is 0 Å². The molecular formula is C17H23N5. The van der Waals surface area contributed by atoms with E-state index < -0.39 is 0 Å².